The summed E-state index contributed by atoms with van der Waals surface area (Å²) in [6, 6.07) is 4.90. The summed E-state index contributed by atoms with van der Waals surface area (Å²) in [6.07, 6.45) is 3.51. The van der Waals surface area contributed by atoms with Gasteiger partial charge in [-0.25, -0.2) is 23.2 Å². The van der Waals surface area contributed by atoms with Crippen molar-refractivity contribution in [3.63, 3.8) is 0 Å². The average Bonchev–Trinajstić information content (AvgIpc) is 3.47. The van der Waals surface area contributed by atoms with Gasteiger partial charge < -0.3 is 14.8 Å². The number of methoxy groups -OCH3 is 1. The van der Waals surface area contributed by atoms with Crippen molar-refractivity contribution in [1.82, 2.24) is 19.7 Å². The van der Waals surface area contributed by atoms with Gasteiger partial charge in [-0.15, -0.1) is 0 Å². The number of ether oxygens (including phenoxy) is 2. The average molecular weight is 461 g/mol. The monoisotopic (exact) mass is 460 g/mol. The number of nitrogens with zero attached hydrogens (tertiary/aromatic N) is 4. The molecule has 4 rings (SSSR count). The normalized spacial score (nSPS) is 14.2. The maximum absolute atomic E-state index is 12.5. The van der Waals surface area contributed by atoms with E-state index < -0.39 is 21.7 Å². The Morgan fingerprint density at radius 2 is 1.88 bits per heavy atom. The van der Waals surface area contributed by atoms with Gasteiger partial charge in [0, 0.05) is 17.5 Å². The minimum atomic E-state index is -3.44. The van der Waals surface area contributed by atoms with E-state index in [1.165, 1.54) is 24.2 Å². The lowest BCUT2D eigenvalue weighted by Crippen LogP contribution is -2.27. The molecule has 1 saturated carbocycles. The van der Waals surface area contributed by atoms with Gasteiger partial charge in [-0.1, -0.05) is 0 Å². The highest BCUT2D eigenvalue weighted by molar-refractivity contribution is 7.93. The Balaban J connectivity index is 1.61. The number of aromatic nitrogens is 4. The van der Waals surface area contributed by atoms with E-state index in [1.807, 2.05) is 0 Å². The Kier molecular flexibility index (Phi) is 5.41. The van der Waals surface area contributed by atoms with Crippen LogP contribution in [0.2, 0.25) is 0 Å². The summed E-state index contributed by atoms with van der Waals surface area (Å²) in [5, 5.41) is 7.54. The molecule has 1 aliphatic carbocycles. The van der Waals surface area contributed by atoms with Crippen LogP contribution in [0.3, 0.4) is 0 Å². The second-order valence-corrected chi connectivity index (χ2v) is 10.4. The van der Waals surface area contributed by atoms with Gasteiger partial charge in [-0.3, -0.25) is 4.72 Å². The number of benzene rings is 1. The summed E-state index contributed by atoms with van der Waals surface area (Å²) in [5.74, 6) is 0.972. The van der Waals surface area contributed by atoms with Crippen LogP contribution in [0.5, 0.6) is 5.75 Å². The van der Waals surface area contributed by atoms with Crippen molar-refractivity contribution < 1.29 is 22.7 Å². The molecule has 0 bridgehead atoms. The van der Waals surface area contributed by atoms with Crippen LogP contribution < -0.4 is 14.8 Å². The fourth-order valence-corrected chi connectivity index (χ4v) is 4.33. The topological polar surface area (TPSA) is 137 Å². The van der Waals surface area contributed by atoms with E-state index in [0.717, 1.165) is 0 Å². The summed E-state index contributed by atoms with van der Waals surface area (Å²) in [6.45, 7) is 5.33. The van der Waals surface area contributed by atoms with Crippen LogP contribution in [-0.4, -0.2) is 52.2 Å². The number of sulfonamides is 1. The van der Waals surface area contributed by atoms with E-state index in [0.29, 0.717) is 41.0 Å². The van der Waals surface area contributed by atoms with Crippen molar-refractivity contribution in [3.8, 4) is 5.75 Å². The van der Waals surface area contributed by atoms with Crippen molar-refractivity contribution in [2.45, 2.75) is 44.5 Å². The molecule has 1 fully saturated rings. The molecule has 170 valence electrons. The fraction of sp³-hybridized carbons (Fsp3) is 0.400. The van der Waals surface area contributed by atoms with Crippen molar-refractivity contribution in [2.24, 2.45) is 0 Å². The van der Waals surface area contributed by atoms with Gasteiger partial charge in [-0.05, 0) is 39.7 Å². The minimum absolute atomic E-state index is 0.173. The van der Waals surface area contributed by atoms with Crippen LogP contribution in [-0.2, 0) is 14.8 Å². The molecule has 0 amide bonds. The summed E-state index contributed by atoms with van der Waals surface area (Å²) in [5.41, 5.74) is 0.410. The smallest absolute Gasteiger partial charge is 0.435 e. The molecule has 11 nitrogen and oxygen atoms in total. The first-order chi connectivity index (χ1) is 15.1. The molecule has 1 aromatic carbocycles. The van der Waals surface area contributed by atoms with Crippen LogP contribution in [0.4, 0.5) is 22.1 Å². The van der Waals surface area contributed by atoms with Crippen molar-refractivity contribution >= 4 is 44.3 Å². The van der Waals surface area contributed by atoms with E-state index in [-0.39, 0.29) is 11.1 Å². The second-order valence-electron chi connectivity index (χ2n) is 8.41. The molecular formula is C20H24N6O5S. The van der Waals surface area contributed by atoms with Gasteiger partial charge in [0.15, 0.2) is 0 Å². The summed E-state index contributed by atoms with van der Waals surface area (Å²) >= 11 is 0. The molecule has 2 heterocycles. The number of carbonyl (C=O) groups is 1. The van der Waals surface area contributed by atoms with E-state index in [1.54, 1.807) is 39.1 Å². The fourth-order valence-electron chi connectivity index (χ4n) is 3.00. The number of rotatable bonds is 6. The largest absolute Gasteiger partial charge is 0.494 e. The first kappa shape index (κ1) is 21.8. The third-order valence-electron chi connectivity index (χ3n) is 4.60. The Morgan fingerprint density at radius 1 is 1.16 bits per heavy atom. The Hall–Kier alpha value is -3.41. The molecule has 0 unspecified atom stereocenters. The summed E-state index contributed by atoms with van der Waals surface area (Å²) in [7, 11) is -1.94. The first-order valence-corrected chi connectivity index (χ1v) is 11.5. The molecular weight excluding hydrogens is 436 g/mol. The molecule has 0 aliphatic heterocycles. The molecule has 1 aliphatic rings. The van der Waals surface area contributed by atoms with Gasteiger partial charge in [0.25, 0.3) is 0 Å². The number of hydrogen-bond donors (Lipinski definition) is 2. The van der Waals surface area contributed by atoms with Crippen LogP contribution in [0, 0.1) is 0 Å². The van der Waals surface area contributed by atoms with E-state index >= 15 is 0 Å². The zero-order valence-electron chi connectivity index (χ0n) is 18.1. The van der Waals surface area contributed by atoms with Gasteiger partial charge >= 0.3 is 6.09 Å². The molecule has 3 aromatic rings. The number of anilines is 3. The van der Waals surface area contributed by atoms with Crippen molar-refractivity contribution in [3.05, 3.63) is 30.7 Å². The molecule has 0 radical (unpaired) electrons. The lowest BCUT2D eigenvalue weighted by Gasteiger charge is -2.19. The quantitative estimate of drug-likeness (QED) is 0.567. The minimum Gasteiger partial charge on any atom is -0.494 e. The van der Waals surface area contributed by atoms with Gasteiger partial charge in [0.1, 0.15) is 29.3 Å². The molecule has 0 atom stereocenters. The highest BCUT2D eigenvalue weighted by Crippen LogP contribution is 2.33. The highest BCUT2D eigenvalue weighted by atomic mass is 32.2. The third kappa shape index (κ3) is 4.74. The molecule has 2 N–H and O–H groups in total. The van der Waals surface area contributed by atoms with Crippen LogP contribution in [0.1, 0.15) is 33.6 Å². The molecule has 32 heavy (non-hydrogen) atoms. The van der Waals surface area contributed by atoms with Crippen LogP contribution >= 0.6 is 0 Å². The zero-order valence-corrected chi connectivity index (χ0v) is 18.9. The van der Waals surface area contributed by atoms with E-state index in [4.69, 9.17) is 9.47 Å². The maximum atomic E-state index is 12.5. The second kappa shape index (κ2) is 7.93. The Labute approximate surface area is 185 Å². The lowest BCUT2D eigenvalue weighted by atomic mass is 10.2. The molecule has 0 spiro atoms. The van der Waals surface area contributed by atoms with Gasteiger partial charge in [0.2, 0.25) is 10.0 Å². The van der Waals surface area contributed by atoms with Crippen molar-refractivity contribution in [2.75, 3.05) is 17.1 Å². The third-order valence-corrected chi connectivity index (χ3v) is 6.44. The predicted molar refractivity (Wildman–Crippen MR) is 119 cm³/mol. The van der Waals surface area contributed by atoms with E-state index in [2.05, 4.69) is 25.1 Å². The van der Waals surface area contributed by atoms with Crippen molar-refractivity contribution in [1.29, 1.82) is 0 Å². The number of fused-ring (bicyclic) bond motifs is 1. The zero-order chi connectivity index (χ0) is 23.1. The Bertz CT molecular complexity index is 1280. The summed E-state index contributed by atoms with van der Waals surface area (Å²) < 4.78 is 38.8. The predicted octanol–water partition coefficient (Wildman–Crippen LogP) is 3.27. The highest BCUT2D eigenvalue weighted by Gasteiger charge is 2.36. The van der Waals surface area contributed by atoms with E-state index in [9.17, 15) is 13.2 Å². The summed E-state index contributed by atoms with van der Waals surface area (Å²) in [4.78, 5) is 20.6. The molecule has 0 saturated heterocycles. The molecule has 12 heteroatoms. The number of hydrogen-bond acceptors (Lipinski definition) is 9. The van der Waals surface area contributed by atoms with Gasteiger partial charge in [0.05, 0.1) is 29.8 Å². The number of nitrogens with one attached hydrogen (secondary N) is 2. The SMILES string of the molecule is COc1cc2c(cnn2C(=O)OC(C)(C)C)cc1Nc1cc(NS(=O)(=O)C2CC2)ncn1. The standard InChI is InChI=1S/C20H24N6O5S/c1-20(2,3)31-19(27)26-15-8-16(30-4)14(7-12(15)10-23-26)24-17-9-18(22-11-21-17)25-32(28,29)13-5-6-13/h7-11,13H,5-6H2,1-4H3,(H2,21,22,24,25). The van der Waals surface area contributed by atoms with Gasteiger partial charge in [-0.2, -0.15) is 9.78 Å². The maximum Gasteiger partial charge on any atom is 0.435 e. The first-order valence-electron chi connectivity index (χ1n) is 9.95. The Morgan fingerprint density at radius 3 is 2.53 bits per heavy atom. The lowest BCUT2D eigenvalue weighted by molar-refractivity contribution is 0.0522. The number of carbonyl (C=O) groups excluding carboxylic acids is 1. The van der Waals surface area contributed by atoms with Crippen LogP contribution in [0.25, 0.3) is 10.9 Å². The molecule has 2 aromatic heterocycles. The van der Waals surface area contributed by atoms with Crippen LogP contribution in [0.15, 0.2) is 30.7 Å².